The molecule has 6 nitrogen and oxygen atoms in total. The molecular weight excluding hydrogens is 256 g/mol. The highest BCUT2D eigenvalue weighted by Gasteiger charge is 2.11. The van der Waals surface area contributed by atoms with Gasteiger partial charge in [0.25, 0.3) is 5.91 Å². The molecule has 110 valence electrons. The number of carbonyl (C=O) groups is 1. The summed E-state index contributed by atoms with van der Waals surface area (Å²) in [5.74, 6) is 5.30. The van der Waals surface area contributed by atoms with E-state index in [1.807, 2.05) is 12.1 Å². The number of rotatable bonds is 6. The Labute approximate surface area is 119 Å². The average molecular weight is 278 g/mol. The first-order valence-corrected chi connectivity index (χ1v) is 6.95. The molecule has 6 heteroatoms. The summed E-state index contributed by atoms with van der Waals surface area (Å²) in [6.07, 6.45) is 0.934. The molecule has 0 radical (unpaired) electrons. The lowest BCUT2D eigenvalue weighted by Gasteiger charge is -2.26. The molecule has 1 aliphatic rings. The summed E-state index contributed by atoms with van der Waals surface area (Å²) in [6, 6.07) is 7.20. The third kappa shape index (κ3) is 4.19. The van der Waals surface area contributed by atoms with Crippen LogP contribution in [0.4, 0.5) is 5.69 Å². The summed E-state index contributed by atoms with van der Waals surface area (Å²) in [7, 11) is 0. The van der Waals surface area contributed by atoms with Crippen LogP contribution in [0.3, 0.4) is 0 Å². The number of carbonyl (C=O) groups excluding carboxylic acids is 1. The number of morpholine rings is 1. The first kappa shape index (κ1) is 14.8. The molecule has 1 fully saturated rings. The second kappa shape index (κ2) is 7.84. The predicted molar refractivity (Wildman–Crippen MR) is 78.5 cm³/mol. The molecule has 1 aromatic carbocycles. The number of nitrogen functional groups attached to an aromatic ring is 1. The van der Waals surface area contributed by atoms with Gasteiger partial charge in [0.05, 0.1) is 24.5 Å². The third-order valence-corrected chi connectivity index (χ3v) is 3.37. The largest absolute Gasteiger partial charge is 0.379 e. The van der Waals surface area contributed by atoms with E-state index in [2.05, 4.69) is 15.6 Å². The monoisotopic (exact) mass is 278 g/mol. The average Bonchev–Trinajstić information content (AvgIpc) is 2.52. The van der Waals surface area contributed by atoms with Crippen LogP contribution in [0.5, 0.6) is 0 Å². The van der Waals surface area contributed by atoms with Crippen molar-refractivity contribution in [3.05, 3.63) is 29.8 Å². The van der Waals surface area contributed by atoms with Gasteiger partial charge in [-0.2, -0.15) is 0 Å². The first-order valence-electron chi connectivity index (χ1n) is 6.95. The molecule has 0 aromatic heterocycles. The smallest absolute Gasteiger partial charge is 0.253 e. The van der Waals surface area contributed by atoms with Gasteiger partial charge in [0.15, 0.2) is 0 Å². The van der Waals surface area contributed by atoms with Gasteiger partial charge in [-0.25, -0.2) is 0 Å². The highest BCUT2D eigenvalue weighted by molar-refractivity contribution is 5.99. The number of nitrogens with zero attached hydrogens (tertiary/aromatic N) is 1. The van der Waals surface area contributed by atoms with Gasteiger partial charge in [0.2, 0.25) is 0 Å². The number of nitrogens with two attached hydrogens (primary N) is 1. The number of amides is 1. The Balaban J connectivity index is 1.72. The van der Waals surface area contributed by atoms with Gasteiger partial charge < -0.3 is 15.5 Å². The van der Waals surface area contributed by atoms with Crippen LogP contribution in [0.2, 0.25) is 0 Å². The van der Waals surface area contributed by atoms with E-state index in [0.717, 1.165) is 39.3 Å². The van der Waals surface area contributed by atoms with E-state index in [-0.39, 0.29) is 5.91 Å². The lowest BCUT2D eigenvalue weighted by Crippen LogP contribution is -2.38. The molecule has 20 heavy (non-hydrogen) atoms. The van der Waals surface area contributed by atoms with Crippen LogP contribution in [0.15, 0.2) is 24.3 Å². The molecule has 0 aliphatic carbocycles. The molecule has 0 atom stereocenters. The van der Waals surface area contributed by atoms with Crippen LogP contribution < -0.4 is 16.6 Å². The van der Waals surface area contributed by atoms with Crippen molar-refractivity contribution in [1.29, 1.82) is 0 Å². The third-order valence-electron chi connectivity index (χ3n) is 3.37. The van der Waals surface area contributed by atoms with Crippen molar-refractivity contribution >= 4 is 11.6 Å². The molecule has 0 spiro atoms. The number of hydrazine groups is 1. The van der Waals surface area contributed by atoms with Crippen molar-refractivity contribution in [2.75, 3.05) is 44.8 Å². The minimum absolute atomic E-state index is 0.0967. The number of benzene rings is 1. The van der Waals surface area contributed by atoms with E-state index in [9.17, 15) is 4.79 Å². The summed E-state index contributed by atoms with van der Waals surface area (Å²) >= 11 is 0. The number of hydrogen-bond acceptors (Lipinski definition) is 5. The van der Waals surface area contributed by atoms with Crippen molar-refractivity contribution in [1.82, 2.24) is 10.2 Å². The van der Waals surface area contributed by atoms with Gasteiger partial charge >= 0.3 is 0 Å². The van der Waals surface area contributed by atoms with Gasteiger partial charge in [-0.1, -0.05) is 12.1 Å². The SMILES string of the molecule is NNc1ccccc1C(=O)NCCCN1CCOCC1. The minimum Gasteiger partial charge on any atom is -0.379 e. The van der Waals surface area contributed by atoms with Gasteiger partial charge in [-0.3, -0.25) is 15.5 Å². The van der Waals surface area contributed by atoms with Gasteiger partial charge in [-0.15, -0.1) is 0 Å². The number of anilines is 1. The molecule has 0 bridgehead atoms. The summed E-state index contributed by atoms with van der Waals surface area (Å²) in [5.41, 5.74) is 3.74. The van der Waals surface area contributed by atoms with Crippen LogP contribution in [0.25, 0.3) is 0 Å². The van der Waals surface area contributed by atoms with E-state index < -0.39 is 0 Å². The molecule has 1 saturated heterocycles. The number of para-hydroxylation sites is 1. The Bertz CT molecular complexity index is 433. The summed E-state index contributed by atoms with van der Waals surface area (Å²) in [5, 5.41) is 2.92. The molecule has 0 saturated carbocycles. The minimum atomic E-state index is -0.0967. The summed E-state index contributed by atoms with van der Waals surface area (Å²) in [6.45, 7) is 5.22. The topological polar surface area (TPSA) is 79.6 Å². The summed E-state index contributed by atoms with van der Waals surface area (Å²) < 4.78 is 5.30. The van der Waals surface area contributed by atoms with Crippen molar-refractivity contribution < 1.29 is 9.53 Å². The molecule has 1 aliphatic heterocycles. The number of hydrogen-bond donors (Lipinski definition) is 3. The zero-order valence-electron chi connectivity index (χ0n) is 11.6. The fourth-order valence-electron chi connectivity index (χ4n) is 2.23. The summed E-state index contributed by atoms with van der Waals surface area (Å²) in [4.78, 5) is 14.4. The van der Waals surface area contributed by atoms with Crippen LogP contribution in [0, 0.1) is 0 Å². The van der Waals surface area contributed by atoms with Crippen molar-refractivity contribution in [2.45, 2.75) is 6.42 Å². The lowest BCUT2D eigenvalue weighted by atomic mass is 10.1. The lowest BCUT2D eigenvalue weighted by molar-refractivity contribution is 0.0374. The molecule has 1 aromatic rings. The molecule has 2 rings (SSSR count). The van der Waals surface area contributed by atoms with E-state index in [1.165, 1.54) is 0 Å². The highest BCUT2D eigenvalue weighted by atomic mass is 16.5. The van der Waals surface area contributed by atoms with Crippen molar-refractivity contribution in [2.24, 2.45) is 5.84 Å². The van der Waals surface area contributed by atoms with Crippen molar-refractivity contribution in [3.8, 4) is 0 Å². The van der Waals surface area contributed by atoms with E-state index in [1.54, 1.807) is 12.1 Å². The van der Waals surface area contributed by atoms with E-state index >= 15 is 0 Å². The predicted octanol–water partition coefficient (Wildman–Crippen LogP) is 0.424. The van der Waals surface area contributed by atoms with Crippen LogP contribution in [-0.4, -0.2) is 50.2 Å². The maximum atomic E-state index is 12.0. The standard InChI is InChI=1S/C14H22N4O2/c15-17-13-5-2-1-4-12(13)14(19)16-6-3-7-18-8-10-20-11-9-18/h1-2,4-5,17H,3,6-11,15H2,(H,16,19). The maximum Gasteiger partial charge on any atom is 0.253 e. The van der Waals surface area contributed by atoms with Gasteiger partial charge in [-0.05, 0) is 25.1 Å². The van der Waals surface area contributed by atoms with Crippen molar-refractivity contribution in [3.63, 3.8) is 0 Å². The Hall–Kier alpha value is -1.63. The Morgan fingerprint density at radius 1 is 1.30 bits per heavy atom. The number of ether oxygens (including phenoxy) is 1. The first-order chi connectivity index (χ1) is 9.81. The van der Waals surface area contributed by atoms with Gasteiger partial charge in [0.1, 0.15) is 0 Å². The van der Waals surface area contributed by atoms with Crippen LogP contribution in [0.1, 0.15) is 16.8 Å². The fourth-order valence-corrected chi connectivity index (χ4v) is 2.23. The van der Waals surface area contributed by atoms with E-state index in [0.29, 0.717) is 17.8 Å². The molecule has 0 unspecified atom stereocenters. The quantitative estimate of drug-likeness (QED) is 0.399. The fraction of sp³-hybridized carbons (Fsp3) is 0.500. The molecule has 1 amide bonds. The Morgan fingerprint density at radius 3 is 2.80 bits per heavy atom. The Kier molecular flexibility index (Phi) is 5.79. The zero-order chi connectivity index (χ0) is 14.2. The molecular formula is C14H22N4O2. The zero-order valence-corrected chi connectivity index (χ0v) is 11.6. The molecule has 1 heterocycles. The van der Waals surface area contributed by atoms with Crippen LogP contribution in [-0.2, 0) is 4.74 Å². The molecule has 4 N–H and O–H groups in total. The maximum absolute atomic E-state index is 12.0. The second-order valence-corrected chi connectivity index (χ2v) is 4.75. The second-order valence-electron chi connectivity index (χ2n) is 4.75. The Morgan fingerprint density at radius 2 is 2.05 bits per heavy atom. The number of nitrogens with one attached hydrogen (secondary N) is 2. The van der Waals surface area contributed by atoms with Gasteiger partial charge in [0, 0.05) is 19.6 Å². The van der Waals surface area contributed by atoms with Crippen LogP contribution >= 0.6 is 0 Å². The highest BCUT2D eigenvalue weighted by Crippen LogP contribution is 2.12. The van der Waals surface area contributed by atoms with E-state index in [4.69, 9.17) is 10.6 Å². The normalized spacial score (nSPS) is 15.8.